The summed E-state index contributed by atoms with van der Waals surface area (Å²) >= 11 is 1.89. The van der Waals surface area contributed by atoms with Gasteiger partial charge in [-0.2, -0.15) is 9.47 Å². The summed E-state index contributed by atoms with van der Waals surface area (Å²) in [7, 11) is 4.38. The lowest BCUT2D eigenvalue weighted by molar-refractivity contribution is -0.659. The highest BCUT2D eigenvalue weighted by atomic mass is 32.1. The molecule has 0 bridgehead atoms. The first kappa shape index (κ1) is 34.6. The zero-order chi connectivity index (χ0) is 37.0. The number of fused-ring (bicyclic) bond motifs is 3. The second kappa shape index (κ2) is 13.8. The maximum atomic E-state index is 2.43. The first-order valence-corrected chi connectivity index (χ1v) is 19.5. The van der Waals surface area contributed by atoms with E-state index in [2.05, 4.69) is 208 Å². The second-order valence-corrected chi connectivity index (χ2v) is 15.9. The number of thiophene rings is 1. The standard InChI is InChI=1S/C48H48N4S/c1-31(2)36-20-14-21-37(32(3)4)46(36)51-30-29-49(7)48(51)38-22-15-23-41(34(38)6)52(35-17-10-9-11-18-35)44-26-16-24-42(50(44)8)45-33(5)27-28-40-39-19-12-13-25-43(39)53-47(40)45/h9-32H,1-8H3/q+2. The summed E-state index contributed by atoms with van der Waals surface area (Å²) in [6, 6.07) is 44.5. The maximum absolute atomic E-state index is 2.43. The number of benzene rings is 5. The molecular weight excluding hydrogens is 665 g/mol. The van der Waals surface area contributed by atoms with Gasteiger partial charge in [-0.1, -0.05) is 100 Å². The maximum Gasteiger partial charge on any atom is 0.294 e. The first-order valence-electron chi connectivity index (χ1n) is 18.7. The zero-order valence-electron chi connectivity index (χ0n) is 32.1. The number of aryl methyl sites for hydroxylation is 2. The Morgan fingerprint density at radius 1 is 0.660 bits per heavy atom. The third kappa shape index (κ3) is 5.84. The number of rotatable bonds is 8. The van der Waals surface area contributed by atoms with Crippen molar-refractivity contribution in [3.8, 4) is 28.3 Å². The highest BCUT2D eigenvalue weighted by molar-refractivity contribution is 7.26. The molecule has 0 unspecified atom stereocenters. The third-order valence-electron chi connectivity index (χ3n) is 10.8. The summed E-state index contributed by atoms with van der Waals surface area (Å²) < 4.78 is 9.73. The van der Waals surface area contributed by atoms with Gasteiger partial charge in [0.1, 0.15) is 35.1 Å². The zero-order valence-corrected chi connectivity index (χ0v) is 32.9. The van der Waals surface area contributed by atoms with Gasteiger partial charge in [0.25, 0.3) is 11.6 Å². The molecule has 0 fully saturated rings. The van der Waals surface area contributed by atoms with E-state index in [0.717, 1.165) is 23.0 Å². The van der Waals surface area contributed by atoms with E-state index in [4.69, 9.17) is 0 Å². The Labute approximate surface area is 317 Å². The summed E-state index contributed by atoms with van der Waals surface area (Å²) in [5.74, 6) is 3.04. The molecule has 0 aliphatic rings. The second-order valence-electron chi connectivity index (χ2n) is 14.9. The van der Waals surface area contributed by atoms with Crippen LogP contribution >= 0.6 is 11.3 Å². The van der Waals surface area contributed by atoms with E-state index in [1.807, 2.05) is 11.3 Å². The van der Waals surface area contributed by atoms with Crippen LogP contribution < -0.4 is 14.0 Å². The molecule has 4 nitrogen and oxygen atoms in total. The van der Waals surface area contributed by atoms with Crippen LogP contribution in [0.15, 0.2) is 134 Å². The van der Waals surface area contributed by atoms with Gasteiger partial charge in [-0.25, -0.2) is 9.13 Å². The smallest absolute Gasteiger partial charge is 0.232 e. The van der Waals surface area contributed by atoms with Crippen molar-refractivity contribution >= 4 is 48.7 Å². The third-order valence-corrected chi connectivity index (χ3v) is 12.0. The Hall–Kier alpha value is -5.52. The minimum atomic E-state index is 0.389. The molecule has 0 amide bonds. The van der Waals surface area contributed by atoms with E-state index in [1.54, 1.807) is 0 Å². The van der Waals surface area contributed by atoms with E-state index in [1.165, 1.54) is 64.9 Å². The molecule has 0 saturated heterocycles. The van der Waals surface area contributed by atoms with Crippen LogP contribution in [-0.4, -0.2) is 4.57 Å². The number of para-hydroxylation sites is 2. The Balaban J connectivity index is 1.34. The average Bonchev–Trinajstić information content (AvgIpc) is 3.73. The Morgan fingerprint density at radius 3 is 2.08 bits per heavy atom. The van der Waals surface area contributed by atoms with Crippen molar-refractivity contribution in [3.63, 3.8) is 0 Å². The number of pyridine rings is 1. The van der Waals surface area contributed by atoms with Crippen molar-refractivity contribution in [1.82, 2.24) is 4.57 Å². The normalized spacial score (nSPS) is 11.7. The molecule has 0 saturated carbocycles. The molecule has 0 atom stereocenters. The van der Waals surface area contributed by atoms with Gasteiger partial charge >= 0.3 is 0 Å². The summed E-state index contributed by atoms with van der Waals surface area (Å²) in [4.78, 5) is 2.43. The van der Waals surface area contributed by atoms with Crippen LogP contribution in [-0.2, 0) is 14.1 Å². The highest BCUT2D eigenvalue weighted by Gasteiger charge is 2.32. The Morgan fingerprint density at radius 2 is 1.34 bits per heavy atom. The van der Waals surface area contributed by atoms with Crippen molar-refractivity contribution in [2.24, 2.45) is 14.1 Å². The molecule has 0 N–H and O–H groups in total. The average molecular weight is 713 g/mol. The molecule has 5 heteroatoms. The van der Waals surface area contributed by atoms with Crippen LogP contribution in [0.4, 0.5) is 17.2 Å². The van der Waals surface area contributed by atoms with Crippen LogP contribution in [0.25, 0.3) is 48.5 Å². The lowest BCUT2D eigenvalue weighted by Crippen LogP contribution is -2.38. The van der Waals surface area contributed by atoms with E-state index in [9.17, 15) is 0 Å². The molecule has 8 rings (SSSR count). The van der Waals surface area contributed by atoms with Crippen molar-refractivity contribution < 1.29 is 9.13 Å². The number of nitrogens with zero attached hydrogens (tertiary/aromatic N) is 4. The predicted molar refractivity (Wildman–Crippen MR) is 224 cm³/mol. The molecule has 8 aromatic rings. The number of aromatic nitrogens is 3. The van der Waals surface area contributed by atoms with Gasteiger partial charge in [-0.3, -0.25) is 0 Å². The molecule has 0 radical (unpaired) electrons. The SMILES string of the molecule is Cc1ccc2c(sc3ccccc32)c1-c1cccc(N(c2ccccc2)c2cccc(-c3n(-c4c(C(C)C)cccc4C(C)C)cc[n+]3C)c2C)[n+]1C. The van der Waals surface area contributed by atoms with Crippen molar-refractivity contribution in [3.05, 3.63) is 156 Å². The van der Waals surface area contributed by atoms with E-state index < -0.39 is 0 Å². The minimum Gasteiger partial charge on any atom is -0.232 e. The molecule has 0 aliphatic heterocycles. The minimum absolute atomic E-state index is 0.389. The molecule has 53 heavy (non-hydrogen) atoms. The first-order chi connectivity index (χ1) is 25.7. The fourth-order valence-electron chi connectivity index (χ4n) is 8.10. The van der Waals surface area contributed by atoms with Gasteiger partial charge in [-0.05, 0) is 73.7 Å². The molecular formula is C48H48N4S+2. The van der Waals surface area contributed by atoms with Crippen molar-refractivity contribution in [2.75, 3.05) is 4.90 Å². The molecule has 264 valence electrons. The van der Waals surface area contributed by atoms with Crippen LogP contribution in [0.3, 0.4) is 0 Å². The topological polar surface area (TPSA) is 15.9 Å². The van der Waals surface area contributed by atoms with Gasteiger partial charge in [0.05, 0.1) is 19.7 Å². The van der Waals surface area contributed by atoms with Crippen LogP contribution in [0.2, 0.25) is 0 Å². The van der Waals surface area contributed by atoms with Gasteiger partial charge in [-0.15, -0.1) is 11.3 Å². The molecule has 5 aromatic carbocycles. The number of anilines is 3. The fraction of sp³-hybridized carbons (Fsp3) is 0.208. The molecule has 0 spiro atoms. The summed E-state index contributed by atoms with van der Waals surface area (Å²) in [6.07, 6.45) is 4.43. The van der Waals surface area contributed by atoms with Crippen LogP contribution in [0, 0.1) is 13.8 Å². The van der Waals surface area contributed by atoms with Gasteiger partial charge < -0.3 is 0 Å². The fourth-order valence-corrected chi connectivity index (χ4v) is 9.41. The molecule has 3 aromatic heterocycles. The monoisotopic (exact) mass is 712 g/mol. The van der Waals surface area contributed by atoms with E-state index in [-0.39, 0.29) is 0 Å². The lowest BCUT2D eigenvalue weighted by atomic mass is 9.92. The van der Waals surface area contributed by atoms with Gasteiger partial charge in [0, 0.05) is 48.5 Å². The number of imidazole rings is 1. The highest BCUT2D eigenvalue weighted by Crippen LogP contribution is 2.43. The number of hydrogen-bond acceptors (Lipinski definition) is 2. The van der Waals surface area contributed by atoms with Crippen molar-refractivity contribution in [2.45, 2.75) is 53.4 Å². The van der Waals surface area contributed by atoms with Crippen molar-refractivity contribution in [1.29, 1.82) is 0 Å². The van der Waals surface area contributed by atoms with Gasteiger partial charge in [0.15, 0.2) is 0 Å². The van der Waals surface area contributed by atoms with E-state index in [0.29, 0.717) is 11.8 Å². The van der Waals surface area contributed by atoms with Crippen LogP contribution in [0.5, 0.6) is 0 Å². The Kier molecular flexibility index (Phi) is 9.00. The predicted octanol–water partition coefficient (Wildman–Crippen LogP) is 12.2. The quantitative estimate of drug-likeness (QED) is 0.143. The summed E-state index contributed by atoms with van der Waals surface area (Å²) in [6.45, 7) is 13.7. The summed E-state index contributed by atoms with van der Waals surface area (Å²) in [5, 5.41) is 2.64. The Bertz CT molecular complexity index is 2600. The van der Waals surface area contributed by atoms with E-state index >= 15 is 0 Å². The lowest BCUT2D eigenvalue weighted by Gasteiger charge is -2.23. The van der Waals surface area contributed by atoms with Crippen LogP contribution in [0.1, 0.15) is 61.8 Å². The summed E-state index contributed by atoms with van der Waals surface area (Å²) in [5.41, 5.74) is 12.5. The molecule has 0 aliphatic carbocycles. The molecule has 3 heterocycles. The number of hydrogen-bond donors (Lipinski definition) is 0. The van der Waals surface area contributed by atoms with Gasteiger partial charge in [0.2, 0.25) is 0 Å². The largest absolute Gasteiger partial charge is 0.294 e.